The monoisotopic (exact) mass is 349 g/mol. The van der Waals surface area contributed by atoms with Crippen LogP contribution in [0, 0.1) is 5.82 Å². The minimum Gasteiger partial charge on any atom is -0.306 e. The molecule has 2 rings (SSSR count). The van der Waals surface area contributed by atoms with E-state index in [1.807, 2.05) is 24.3 Å². The Morgan fingerprint density at radius 1 is 1.14 bits per heavy atom. The first kappa shape index (κ1) is 16.2. The van der Waals surface area contributed by atoms with E-state index in [1.165, 1.54) is 17.7 Å². The van der Waals surface area contributed by atoms with Crippen molar-refractivity contribution in [1.29, 1.82) is 0 Å². The van der Waals surface area contributed by atoms with Crippen LogP contribution < -0.4 is 5.32 Å². The summed E-state index contributed by atoms with van der Waals surface area (Å²) >= 11 is 3.49. The van der Waals surface area contributed by atoms with Crippen LogP contribution in [0.25, 0.3) is 0 Å². The Kier molecular flexibility index (Phi) is 6.40. The van der Waals surface area contributed by atoms with Crippen LogP contribution in [0.4, 0.5) is 4.39 Å². The van der Waals surface area contributed by atoms with E-state index < -0.39 is 0 Å². The molecule has 1 nitrogen and oxygen atoms in total. The minimum absolute atomic E-state index is 0.181. The van der Waals surface area contributed by atoms with Gasteiger partial charge in [-0.05, 0) is 41.8 Å². The fraction of sp³-hybridized carbons (Fsp3) is 0.333. The molecule has 0 aliphatic rings. The van der Waals surface area contributed by atoms with Crippen LogP contribution in [0.5, 0.6) is 0 Å². The Bertz CT molecular complexity index is 553. The molecule has 2 aromatic rings. The predicted octanol–water partition coefficient (Wildman–Crippen LogP) is 5.61. The van der Waals surface area contributed by atoms with Gasteiger partial charge in [0, 0.05) is 17.1 Å². The van der Waals surface area contributed by atoms with E-state index >= 15 is 0 Å². The SMILES string of the molecule is CCCCC(NCc1cccc(Br)c1)c1ccc(F)cc1. The highest BCUT2D eigenvalue weighted by Crippen LogP contribution is 2.21. The zero-order valence-electron chi connectivity index (χ0n) is 12.3. The molecule has 3 heteroatoms. The van der Waals surface area contributed by atoms with Crippen molar-refractivity contribution in [1.82, 2.24) is 5.32 Å². The van der Waals surface area contributed by atoms with Crippen LogP contribution in [0.2, 0.25) is 0 Å². The van der Waals surface area contributed by atoms with Crippen molar-refractivity contribution in [3.05, 3.63) is 69.9 Å². The van der Waals surface area contributed by atoms with Gasteiger partial charge in [0.15, 0.2) is 0 Å². The predicted molar refractivity (Wildman–Crippen MR) is 89.6 cm³/mol. The van der Waals surface area contributed by atoms with Gasteiger partial charge in [0.2, 0.25) is 0 Å². The maximum absolute atomic E-state index is 13.1. The summed E-state index contributed by atoms with van der Waals surface area (Å²) in [5.74, 6) is -0.181. The number of hydrogen-bond donors (Lipinski definition) is 1. The van der Waals surface area contributed by atoms with E-state index in [0.717, 1.165) is 35.8 Å². The molecule has 0 aliphatic carbocycles. The number of rotatable bonds is 7. The Labute approximate surface area is 134 Å². The molecule has 0 spiro atoms. The van der Waals surface area contributed by atoms with E-state index in [4.69, 9.17) is 0 Å². The average Bonchev–Trinajstić information content (AvgIpc) is 2.49. The third-order valence-electron chi connectivity index (χ3n) is 3.56. The standard InChI is InChI=1S/C18H21BrFN/c1-2-3-7-18(15-8-10-17(20)11-9-15)21-13-14-5-4-6-16(19)12-14/h4-6,8-12,18,21H,2-3,7,13H2,1H3. The molecular weight excluding hydrogens is 329 g/mol. The molecule has 0 aliphatic heterocycles. The summed E-state index contributed by atoms with van der Waals surface area (Å²) in [7, 11) is 0. The van der Waals surface area contributed by atoms with Gasteiger partial charge in [-0.25, -0.2) is 4.39 Å². The smallest absolute Gasteiger partial charge is 0.123 e. The third-order valence-corrected chi connectivity index (χ3v) is 4.05. The van der Waals surface area contributed by atoms with Gasteiger partial charge in [-0.2, -0.15) is 0 Å². The molecule has 0 heterocycles. The molecule has 112 valence electrons. The molecule has 0 saturated carbocycles. The zero-order valence-corrected chi connectivity index (χ0v) is 13.9. The van der Waals surface area contributed by atoms with Crippen molar-refractivity contribution in [2.45, 2.75) is 38.8 Å². The van der Waals surface area contributed by atoms with Gasteiger partial charge >= 0.3 is 0 Å². The van der Waals surface area contributed by atoms with E-state index in [1.54, 1.807) is 0 Å². The van der Waals surface area contributed by atoms with Crippen molar-refractivity contribution in [3.63, 3.8) is 0 Å². The van der Waals surface area contributed by atoms with Gasteiger partial charge < -0.3 is 5.32 Å². The summed E-state index contributed by atoms with van der Waals surface area (Å²) in [4.78, 5) is 0. The molecule has 21 heavy (non-hydrogen) atoms. The van der Waals surface area contributed by atoms with Gasteiger partial charge in [0.25, 0.3) is 0 Å². The number of nitrogens with one attached hydrogen (secondary N) is 1. The van der Waals surface area contributed by atoms with Crippen molar-refractivity contribution < 1.29 is 4.39 Å². The lowest BCUT2D eigenvalue weighted by Crippen LogP contribution is -2.21. The quantitative estimate of drug-likeness (QED) is 0.684. The fourth-order valence-corrected chi connectivity index (χ4v) is 2.82. The molecule has 2 aromatic carbocycles. The summed E-state index contributed by atoms with van der Waals surface area (Å²) in [6.45, 7) is 3.00. The Hall–Kier alpha value is -1.19. The first-order valence-corrected chi connectivity index (χ1v) is 8.21. The lowest BCUT2D eigenvalue weighted by Gasteiger charge is -2.19. The van der Waals surface area contributed by atoms with Crippen LogP contribution in [0.1, 0.15) is 43.4 Å². The van der Waals surface area contributed by atoms with Crippen LogP contribution in [0.3, 0.4) is 0 Å². The normalized spacial score (nSPS) is 12.3. The van der Waals surface area contributed by atoms with Crippen molar-refractivity contribution in [2.75, 3.05) is 0 Å². The second kappa shape index (κ2) is 8.30. The summed E-state index contributed by atoms with van der Waals surface area (Å²) < 4.78 is 14.2. The lowest BCUT2D eigenvalue weighted by molar-refractivity contribution is 0.479. The zero-order chi connectivity index (χ0) is 15.1. The second-order valence-electron chi connectivity index (χ2n) is 5.26. The third kappa shape index (κ3) is 5.25. The van der Waals surface area contributed by atoms with Gasteiger partial charge in [-0.1, -0.05) is 60.0 Å². The average molecular weight is 350 g/mol. The molecule has 1 atom stereocenters. The number of benzene rings is 2. The molecule has 0 aromatic heterocycles. The Balaban J connectivity index is 2.04. The summed E-state index contributed by atoms with van der Waals surface area (Å²) in [5, 5.41) is 3.59. The summed E-state index contributed by atoms with van der Waals surface area (Å²) in [6.07, 6.45) is 3.39. The number of hydrogen-bond acceptors (Lipinski definition) is 1. The molecule has 0 saturated heterocycles. The highest BCUT2D eigenvalue weighted by Gasteiger charge is 2.10. The van der Waals surface area contributed by atoms with Crippen LogP contribution in [-0.4, -0.2) is 0 Å². The maximum atomic E-state index is 13.1. The van der Waals surface area contributed by atoms with E-state index in [0.29, 0.717) is 0 Å². The van der Waals surface area contributed by atoms with Gasteiger partial charge in [0.1, 0.15) is 5.82 Å². The van der Waals surface area contributed by atoms with E-state index in [9.17, 15) is 4.39 Å². The highest BCUT2D eigenvalue weighted by atomic mass is 79.9. The van der Waals surface area contributed by atoms with Crippen LogP contribution in [-0.2, 0) is 6.54 Å². The van der Waals surface area contributed by atoms with Crippen molar-refractivity contribution in [2.24, 2.45) is 0 Å². The molecule has 1 N–H and O–H groups in total. The first-order chi connectivity index (χ1) is 10.2. The van der Waals surface area contributed by atoms with Gasteiger partial charge in [-0.3, -0.25) is 0 Å². The van der Waals surface area contributed by atoms with Crippen molar-refractivity contribution in [3.8, 4) is 0 Å². The largest absolute Gasteiger partial charge is 0.306 e. The topological polar surface area (TPSA) is 12.0 Å². The lowest BCUT2D eigenvalue weighted by atomic mass is 10.0. The van der Waals surface area contributed by atoms with Gasteiger partial charge in [-0.15, -0.1) is 0 Å². The number of halogens is 2. The Morgan fingerprint density at radius 2 is 1.90 bits per heavy atom. The first-order valence-electron chi connectivity index (χ1n) is 7.42. The van der Waals surface area contributed by atoms with Crippen molar-refractivity contribution >= 4 is 15.9 Å². The second-order valence-corrected chi connectivity index (χ2v) is 6.17. The maximum Gasteiger partial charge on any atom is 0.123 e. The summed E-state index contributed by atoms with van der Waals surface area (Å²) in [5.41, 5.74) is 2.40. The molecule has 0 fully saturated rings. The highest BCUT2D eigenvalue weighted by molar-refractivity contribution is 9.10. The van der Waals surface area contributed by atoms with Crippen LogP contribution in [0.15, 0.2) is 53.0 Å². The minimum atomic E-state index is -0.181. The molecule has 0 radical (unpaired) electrons. The van der Waals surface area contributed by atoms with Gasteiger partial charge in [0.05, 0.1) is 0 Å². The number of unbranched alkanes of at least 4 members (excludes halogenated alkanes) is 1. The fourth-order valence-electron chi connectivity index (χ4n) is 2.38. The molecule has 0 amide bonds. The molecule has 1 unspecified atom stereocenters. The summed E-state index contributed by atoms with van der Waals surface area (Å²) in [6, 6.07) is 15.4. The van der Waals surface area contributed by atoms with E-state index in [2.05, 4.69) is 40.3 Å². The molecular formula is C18H21BrFN. The van der Waals surface area contributed by atoms with Crippen LogP contribution >= 0.6 is 15.9 Å². The molecule has 0 bridgehead atoms. The van der Waals surface area contributed by atoms with E-state index in [-0.39, 0.29) is 11.9 Å². The Morgan fingerprint density at radius 3 is 2.57 bits per heavy atom.